The predicted octanol–water partition coefficient (Wildman–Crippen LogP) is 2.11. The molecule has 1 unspecified atom stereocenters. The molecule has 0 radical (unpaired) electrons. The maximum absolute atomic E-state index is 11.0. The molecule has 0 aromatic carbocycles. The lowest BCUT2D eigenvalue weighted by Gasteiger charge is -2.14. The lowest BCUT2D eigenvalue weighted by atomic mass is 10.0. The van der Waals surface area contributed by atoms with Crippen molar-refractivity contribution in [1.29, 1.82) is 0 Å². The van der Waals surface area contributed by atoms with Crippen molar-refractivity contribution in [2.75, 3.05) is 0 Å². The summed E-state index contributed by atoms with van der Waals surface area (Å²) in [6.07, 6.45) is 3.57. The van der Waals surface area contributed by atoms with Crippen LogP contribution in [-0.2, 0) is 4.79 Å². The van der Waals surface area contributed by atoms with E-state index in [4.69, 9.17) is 0 Å². The van der Waals surface area contributed by atoms with Crippen LogP contribution >= 0.6 is 0 Å². The summed E-state index contributed by atoms with van der Waals surface area (Å²) < 4.78 is 0. The summed E-state index contributed by atoms with van der Waals surface area (Å²) in [6, 6.07) is -0.0371. The number of ketones is 1. The van der Waals surface area contributed by atoms with Gasteiger partial charge in [-0.05, 0) is 31.9 Å². The molecule has 0 heterocycles. The molecule has 0 aliphatic rings. The van der Waals surface area contributed by atoms with E-state index in [1.54, 1.807) is 13.1 Å². The molecule has 0 rings (SSSR count). The zero-order valence-corrected chi connectivity index (χ0v) is 8.26. The summed E-state index contributed by atoms with van der Waals surface area (Å²) in [5.74, 6) is 0.842. The molecule has 2 heteroatoms. The smallest absolute Gasteiger partial charge is 0.151 e. The van der Waals surface area contributed by atoms with Crippen molar-refractivity contribution >= 4 is 5.78 Å². The Bertz CT molecular complexity index is 152. The Morgan fingerprint density at radius 3 is 2.42 bits per heavy atom. The van der Waals surface area contributed by atoms with E-state index < -0.39 is 0 Å². The molecule has 1 N–H and O–H groups in total. The van der Waals surface area contributed by atoms with Crippen LogP contribution in [0.15, 0.2) is 12.8 Å². The summed E-state index contributed by atoms with van der Waals surface area (Å²) in [5.41, 5.74) is 0. The van der Waals surface area contributed by atoms with E-state index in [1.807, 2.05) is 0 Å². The van der Waals surface area contributed by atoms with Crippen molar-refractivity contribution in [1.82, 2.24) is 5.32 Å². The zero-order chi connectivity index (χ0) is 9.56. The average Bonchev–Trinajstić information content (AvgIpc) is 1.96. The number of hydrogen-bond donors (Lipinski definition) is 1. The van der Waals surface area contributed by atoms with Crippen LogP contribution < -0.4 is 5.32 Å². The molecule has 0 saturated heterocycles. The second-order valence-electron chi connectivity index (χ2n) is 3.51. The number of hydrogen-bond acceptors (Lipinski definition) is 2. The predicted molar refractivity (Wildman–Crippen MR) is 51.9 cm³/mol. The summed E-state index contributed by atoms with van der Waals surface area (Å²) in [5, 5.41) is 2.95. The first-order valence-corrected chi connectivity index (χ1v) is 4.45. The van der Waals surface area contributed by atoms with E-state index in [1.165, 1.54) is 0 Å². The number of Topliss-reactive ketones (excluding diaryl/α,β-unsaturated/α-hetero) is 1. The van der Waals surface area contributed by atoms with E-state index in [0.717, 1.165) is 12.8 Å². The Labute approximate surface area is 75.0 Å². The highest BCUT2D eigenvalue weighted by Gasteiger charge is 2.11. The monoisotopic (exact) mass is 169 g/mol. The first-order chi connectivity index (χ1) is 5.57. The van der Waals surface area contributed by atoms with Gasteiger partial charge in [0.15, 0.2) is 5.78 Å². The van der Waals surface area contributed by atoms with E-state index in [2.05, 4.69) is 25.7 Å². The fraction of sp³-hybridized carbons (Fsp3) is 0.700. The summed E-state index contributed by atoms with van der Waals surface area (Å²) in [4.78, 5) is 11.0. The Kier molecular flexibility index (Phi) is 5.43. The van der Waals surface area contributed by atoms with Gasteiger partial charge in [-0.2, -0.15) is 0 Å². The highest BCUT2D eigenvalue weighted by Crippen LogP contribution is 2.07. The SMILES string of the molecule is C=CNC(CCC(C)C)C(C)=O. The van der Waals surface area contributed by atoms with Gasteiger partial charge in [-0.1, -0.05) is 20.4 Å². The van der Waals surface area contributed by atoms with Gasteiger partial charge in [0.2, 0.25) is 0 Å². The Morgan fingerprint density at radius 1 is 1.50 bits per heavy atom. The number of carbonyl (C=O) groups is 1. The van der Waals surface area contributed by atoms with Crippen LogP contribution in [0.5, 0.6) is 0 Å². The van der Waals surface area contributed by atoms with Gasteiger partial charge in [0.05, 0.1) is 6.04 Å². The third-order valence-corrected chi connectivity index (χ3v) is 1.84. The molecule has 0 amide bonds. The second-order valence-corrected chi connectivity index (χ2v) is 3.51. The fourth-order valence-corrected chi connectivity index (χ4v) is 1.05. The lowest BCUT2D eigenvalue weighted by Crippen LogP contribution is -2.31. The number of carbonyl (C=O) groups excluding carboxylic acids is 1. The maximum atomic E-state index is 11.0. The van der Waals surface area contributed by atoms with E-state index in [9.17, 15) is 4.79 Å². The van der Waals surface area contributed by atoms with Gasteiger partial charge in [0, 0.05) is 0 Å². The van der Waals surface area contributed by atoms with Gasteiger partial charge < -0.3 is 5.32 Å². The minimum Gasteiger partial charge on any atom is -0.382 e. The van der Waals surface area contributed by atoms with Crippen LogP contribution in [0.1, 0.15) is 33.6 Å². The fourth-order valence-electron chi connectivity index (χ4n) is 1.05. The van der Waals surface area contributed by atoms with Crippen molar-refractivity contribution < 1.29 is 4.79 Å². The molecule has 0 aromatic heterocycles. The lowest BCUT2D eigenvalue weighted by molar-refractivity contribution is -0.118. The molecule has 0 spiro atoms. The van der Waals surface area contributed by atoms with Crippen LogP contribution in [0.3, 0.4) is 0 Å². The van der Waals surface area contributed by atoms with E-state index >= 15 is 0 Å². The Balaban J connectivity index is 3.78. The van der Waals surface area contributed by atoms with Gasteiger partial charge in [-0.25, -0.2) is 0 Å². The molecule has 0 saturated carbocycles. The van der Waals surface area contributed by atoms with Crippen LogP contribution in [0.4, 0.5) is 0 Å². The molecule has 0 aromatic rings. The molecule has 2 nitrogen and oxygen atoms in total. The third kappa shape index (κ3) is 4.94. The molecule has 12 heavy (non-hydrogen) atoms. The van der Waals surface area contributed by atoms with Gasteiger partial charge in [-0.3, -0.25) is 4.79 Å². The molecular formula is C10H19NO. The summed E-state index contributed by atoms with van der Waals surface area (Å²) in [7, 11) is 0. The normalized spacial score (nSPS) is 12.7. The Hall–Kier alpha value is -0.790. The van der Waals surface area contributed by atoms with Crippen LogP contribution in [0.2, 0.25) is 0 Å². The van der Waals surface area contributed by atoms with Crippen molar-refractivity contribution in [3.63, 3.8) is 0 Å². The van der Waals surface area contributed by atoms with Crippen LogP contribution in [0.25, 0.3) is 0 Å². The minimum atomic E-state index is -0.0371. The van der Waals surface area contributed by atoms with E-state index in [-0.39, 0.29) is 11.8 Å². The topological polar surface area (TPSA) is 29.1 Å². The quantitative estimate of drug-likeness (QED) is 0.660. The van der Waals surface area contributed by atoms with Crippen LogP contribution in [0, 0.1) is 5.92 Å². The van der Waals surface area contributed by atoms with Crippen LogP contribution in [-0.4, -0.2) is 11.8 Å². The van der Waals surface area contributed by atoms with Crippen molar-refractivity contribution in [3.05, 3.63) is 12.8 Å². The highest BCUT2D eigenvalue weighted by atomic mass is 16.1. The van der Waals surface area contributed by atoms with Crippen molar-refractivity contribution in [3.8, 4) is 0 Å². The van der Waals surface area contributed by atoms with Gasteiger partial charge in [-0.15, -0.1) is 0 Å². The molecular weight excluding hydrogens is 150 g/mol. The Morgan fingerprint density at radius 2 is 2.08 bits per heavy atom. The minimum absolute atomic E-state index is 0.0371. The average molecular weight is 169 g/mol. The molecule has 1 atom stereocenters. The van der Waals surface area contributed by atoms with Gasteiger partial charge >= 0.3 is 0 Å². The zero-order valence-electron chi connectivity index (χ0n) is 8.26. The van der Waals surface area contributed by atoms with Crippen molar-refractivity contribution in [2.45, 2.75) is 39.7 Å². The number of rotatable bonds is 6. The molecule has 0 aliphatic carbocycles. The number of nitrogens with one attached hydrogen (secondary N) is 1. The summed E-state index contributed by atoms with van der Waals surface area (Å²) in [6.45, 7) is 9.47. The summed E-state index contributed by atoms with van der Waals surface area (Å²) >= 11 is 0. The first-order valence-electron chi connectivity index (χ1n) is 4.45. The second kappa shape index (κ2) is 5.81. The largest absolute Gasteiger partial charge is 0.382 e. The maximum Gasteiger partial charge on any atom is 0.151 e. The third-order valence-electron chi connectivity index (χ3n) is 1.84. The van der Waals surface area contributed by atoms with E-state index in [0.29, 0.717) is 5.92 Å². The van der Waals surface area contributed by atoms with Crippen molar-refractivity contribution in [2.24, 2.45) is 5.92 Å². The van der Waals surface area contributed by atoms with Gasteiger partial charge in [0.25, 0.3) is 0 Å². The standard InChI is InChI=1S/C10H19NO/c1-5-11-10(9(4)12)7-6-8(2)3/h5,8,10-11H,1,6-7H2,2-4H3. The first kappa shape index (κ1) is 11.2. The molecule has 0 aliphatic heterocycles. The molecule has 0 bridgehead atoms. The molecule has 0 fully saturated rings. The molecule has 70 valence electrons. The van der Waals surface area contributed by atoms with Gasteiger partial charge in [0.1, 0.15) is 0 Å². The highest BCUT2D eigenvalue weighted by molar-refractivity contribution is 5.81.